The van der Waals surface area contributed by atoms with Crippen molar-refractivity contribution >= 4 is 11.8 Å². The van der Waals surface area contributed by atoms with Gasteiger partial charge in [0.1, 0.15) is 0 Å². The number of carbonyl (C=O) groups excluding carboxylic acids is 2. The van der Waals surface area contributed by atoms with Crippen LogP contribution >= 0.6 is 0 Å². The Balaban J connectivity index is 1.93. The summed E-state index contributed by atoms with van der Waals surface area (Å²) in [5.74, 6) is -0.759. The van der Waals surface area contributed by atoms with E-state index in [1.165, 1.54) is 0 Å². The number of β-amino-alcohol motifs (C(OH)–C–C–N with tert-alkyl or cyclic N) is 1. The van der Waals surface area contributed by atoms with Crippen molar-refractivity contribution < 1.29 is 14.7 Å². The molecule has 126 valence electrons. The van der Waals surface area contributed by atoms with Crippen molar-refractivity contribution in [2.45, 2.75) is 31.9 Å². The summed E-state index contributed by atoms with van der Waals surface area (Å²) in [6.45, 7) is 3.54. The van der Waals surface area contributed by atoms with Crippen molar-refractivity contribution in [3.05, 3.63) is 35.4 Å². The topological polar surface area (TPSA) is 86.9 Å². The highest BCUT2D eigenvalue weighted by Gasteiger charge is 2.39. The lowest BCUT2D eigenvalue weighted by Gasteiger charge is -2.37. The maximum Gasteiger partial charge on any atom is 0.250 e. The van der Waals surface area contributed by atoms with Gasteiger partial charge in [-0.25, -0.2) is 0 Å². The molecule has 1 saturated heterocycles. The zero-order chi connectivity index (χ0) is 17.0. The fourth-order valence-corrected chi connectivity index (χ4v) is 2.90. The van der Waals surface area contributed by atoms with Crippen LogP contribution in [0.4, 0.5) is 0 Å². The quantitative estimate of drug-likeness (QED) is 0.815. The minimum atomic E-state index is -1.52. The molecule has 1 fully saturated rings. The highest BCUT2D eigenvalue weighted by molar-refractivity contribution is 5.84. The summed E-state index contributed by atoms with van der Waals surface area (Å²) in [7, 11) is 1.76. The number of aliphatic hydroxyl groups is 1. The van der Waals surface area contributed by atoms with Crippen LogP contribution in [0.5, 0.6) is 0 Å². The standard InChI is InChI=1S/C17H25N3O3/c1-13-6-3-4-7-14(13)10-19(2)15(21)11-20-9-5-8-17(23,12-20)16(18)22/h3-4,6-7,23H,5,8-12H2,1-2H3,(H2,18,22). The number of carbonyl (C=O) groups is 2. The Labute approximate surface area is 136 Å². The van der Waals surface area contributed by atoms with E-state index in [0.717, 1.165) is 11.1 Å². The smallest absolute Gasteiger partial charge is 0.250 e. The monoisotopic (exact) mass is 319 g/mol. The third-order valence-corrected chi connectivity index (χ3v) is 4.46. The number of rotatable bonds is 5. The zero-order valence-corrected chi connectivity index (χ0v) is 13.8. The van der Waals surface area contributed by atoms with Gasteiger partial charge in [-0.15, -0.1) is 0 Å². The molecule has 0 bridgehead atoms. The van der Waals surface area contributed by atoms with Crippen molar-refractivity contribution in [2.75, 3.05) is 26.7 Å². The van der Waals surface area contributed by atoms with Crippen LogP contribution in [0.2, 0.25) is 0 Å². The van der Waals surface area contributed by atoms with Crippen LogP contribution in [0.1, 0.15) is 24.0 Å². The van der Waals surface area contributed by atoms with E-state index >= 15 is 0 Å². The van der Waals surface area contributed by atoms with Crippen LogP contribution in [-0.4, -0.2) is 59.0 Å². The number of likely N-dealkylation sites (tertiary alicyclic amines) is 1. The summed E-state index contributed by atoms with van der Waals surface area (Å²) in [6, 6.07) is 7.95. The molecule has 6 nitrogen and oxygen atoms in total. The number of primary amides is 1. The van der Waals surface area contributed by atoms with Gasteiger partial charge in [-0.05, 0) is 37.4 Å². The van der Waals surface area contributed by atoms with Crippen LogP contribution in [0.15, 0.2) is 24.3 Å². The zero-order valence-electron chi connectivity index (χ0n) is 13.8. The molecule has 0 spiro atoms. The van der Waals surface area contributed by atoms with Crippen LogP contribution < -0.4 is 5.73 Å². The molecular weight excluding hydrogens is 294 g/mol. The first-order valence-corrected chi connectivity index (χ1v) is 7.85. The maximum atomic E-state index is 12.4. The molecule has 1 aromatic carbocycles. The first-order chi connectivity index (χ1) is 10.8. The fourth-order valence-electron chi connectivity index (χ4n) is 2.90. The predicted molar refractivity (Wildman–Crippen MR) is 87.5 cm³/mol. The number of likely N-dealkylation sites (N-methyl/N-ethyl adjacent to an activating group) is 1. The Hall–Kier alpha value is -1.92. The van der Waals surface area contributed by atoms with Crippen LogP contribution in [0.25, 0.3) is 0 Å². The SMILES string of the molecule is Cc1ccccc1CN(C)C(=O)CN1CCCC(O)(C(N)=O)C1. The summed E-state index contributed by atoms with van der Waals surface area (Å²) < 4.78 is 0. The third-order valence-electron chi connectivity index (χ3n) is 4.46. The van der Waals surface area contributed by atoms with E-state index in [4.69, 9.17) is 5.73 Å². The summed E-state index contributed by atoms with van der Waals surface area (Å²) in [4.78, 5) is 27.2. The van der Waals surface area contributed by atoms with Gasteiger partial charge in [-0.2, -0.15) is 0 Å². The van der Waals surface area contributed by atoms with E-state index in [1.54, 1.807) is 16.8 Å². The summed E-state index contributed by atoms with van der Waals surface area (Å²) in [5, 5.41) is 10.2. The molecule has 0 aliphatic carbocycles. The summed E-state index contributed by atoms with van der Waals surface area (Å²) in [5.41, 5.74) is 6.00. The number of nitrogens with zero attached hydrogens (tertiary/aromatic N) is 2. The Bertz CT molecular complexity index is 590. The van der Waals surface area contributed by atoms with E-state index in [0.29, 0.717) is 25.9 Å². The molecule has 1 aliphatic heterocycles. The number of hydrogen-bond donors (Lipinski definition) is 2. The molecular formula is C17H25N3O3. The van der Waals surface area contributed by atoms with Gasteiger partial charge >= 0.3 is 0 Å². The van der Waals surface area contributed by atoms with E-state index in [-0.39, 0.29) is 19.0 Å². The van der Waals surface area contributed by atoms with Gasteiger partial charge in [-0.1, -0.05) is 24.3 Å². The Morgan fingerprint density at radius 2 is 2.09 bits per heavy atom. The van der Waals surface area contributed by atoms with Crippen molar-refractivity contribution in [1.29, 1.82) is 0 Å². The molecule has 0 aromatic heterocycles. The van der Waals surface area contributed by atoms with Crippen molar-refractivity contribution in [3.63, 3.8) is 0 Å². The van der Waals surface area contributed by atoms with Crippen molar-refractivity contribution in [3.8, 4) is 0 Å². The van der Waals surface area contributed by atoms with Crippen LogP contribution in [-0.2, 0) is 16.1 Å². The van der Waals surface area contributed by atoms with Gasteiger partial charge < -0.3 is 15.7 Å². The number of benzene rings is 1. The lowest BCUT2D eigenvalue weighted by Crippen LogP contribution is -2.57. The molecule has 3 N–H and O–H groups in total. The summed E-state index contributed by atoms with van der Waals surface area (Å²) in [6.07, 6.45) is 1.00. The molecule has 23 heavy (non-hydrogen) atoms. The molecule has 2 amide bonds. The molecule has 1 atom stereocenters. The van der Waals surface area contributed by atoms with E-state index in [2.05, 4.69) is 0 Å². The lowest BCUT2D eigenvalue weighted by molar-refractivity contribution is -0.145. The Morgan fingerprint density at radius 1 is 1.39 bits per heavy atom. The number of hydrogen-bond acceptors (Lipinski definition) is 4. The maximum absolute atomic E-state index is 12.4. The van der Waals surface area contributed by atoms with Gasteiger partial charge in [0.25, 0.3) is 5.91 Å². The van der Waals surface area contributed by atoms with Crippen LogP contribution in [0, 0.1) is 6.92 Å². The first-order valence-electron chi connectivity index (χ1n) is 7.85. The Morgan fingerprint density at radius 3 is 2.74 bits per heavy atom. The normalized spacial score (nSPS) is 21.9. The molecule has 0 saturated carbocycles. The van der Waals surface area contributed by atoms with Gasteiger partial charge in [0, 0.05) is 20.1 Å². The molecule has 1 aliphatic rings. The van der Waals surface area contributed by atoms with Gasteiger partial charge in [0.15, 0.2) is 5.60 Å². The highest BCUT2D eigenvalue weighted by atomic mass is 16.3. The molecule has 1 aromatic rings. The average molecular weight is 319 g/mol. The van der Waals surface area contributed by atoms with Gasteiger partial charge in [-0.3, -0.25) is 14.5 Å². The van der Waals surface area contributed by atoms with E-state index < -0.39 is 11.5 Å². The molecule has 6 heteroatoms. The number of nitrogens with two attached hydrogens (primary N) is 1. The van der Waals surface area contributed by atoms with Crippen LogP contribution in [0.3, 0.4) is 0 Å². The highest BCUT2D eigenvalue weighted by Crippen LogP contribution is 2.20. The number of amides is 2. The minimum Gasteiger partial charge on any atom is -0.379 e. The largest absolute Gasteiger partial charge is 0.379 e. The fraction of sp³-hybridized carbons (Fsp3) is 0.529. The summed E-state index contributed by atoms with van der Waals surface area (Å²) >= 11 is 0. The molecule has 2 rings (SSSR count). The van der Waals surface area contributed by atoms with Gasteiger partial charge in [0.05, 0.1) is 6.54 Å². The predicted octanol–water partition coefficient (Wildman–Crippen LogP) is 0.266. The average Bonchev–Trinajstić information content (AvgIpc) is 2.49. The van der Waals surface area contributed by atoms with E-state index in [9.17, 15) is 14.7 Å². The molecule has 0 radical (unpaired) electrons. The lowest BCUT2D eigenvalue weighted by atomic mass is 9.92. The number of aryl methyl sites for hydroxylation is 1. The van der Waals surface area contributed by atoms with Crippen molar-refractivity contribution in [2.24, 2.45) is 5.73 Å². The third kappa shape index (κ3) is 4.30. The molecule has 1 unspecified atom stereocenters. The van der Waals surface area contributed by atoms with Gasteiger partial charge in [0.2, 0.25) is 5.91 Å². The second kappa shape index (κ2) is 7.10. The Kier molecular flexibility index (Phi) is 5.38. The number of piperidine rings is 1. The first kappa shape index (κ1) is 17.4. The second-order valence-corrected chi connectivity index (χ2v) is 6.39. The van der Waals surface area contributed by atoms with E-state index in [1.807, 2.05) is 31.2 Å². The molecule has 1 heterocycles. The second-order valence-electron chi connectivity index (χ2n) is 6.39. The minimum absolute atomic E-state index is 0.0398. The van der Waals surface area contributed by atoms with Crippen molar-refractivity contribution in [1.82, 2.24) is 9.80 Å².